The van der Waals surface area contributed by atoms with E-state index in [1.807, 2.05) is 0 Å². The summed E-state index contributed by atoms with van der Waals surface area (Å²) in [7, 11) is 0. The van der Waals surface area contributed by atoms with Crippen molar-refractivity contribution in [2.45, 2.75) is 30.8 Å². The van der Waals surface area contributed by atoms with Crippen LogP contribution in [0.15, 0.2) is 0 Å². The van der Waals surface area contributed by atoms with Crippen LogP contribution in [0.25, 0.3) is 0 Å². The number of hydrogen-bond acceptors (Lipinski definition) is 5. The predicted molar refractivity (Wildman–Crippen MR) is 39.5 cm³/mol. The van der Waals surface area contributed by atoms with Gasteiger partial charge in [-0.05, 0) is 0 Å². The second-order valence-electron chi connectivity index (χ2n) is 2.99. The molecule has 1 fully saturated rings. The molecule has 1 heterocycles. The van der Waals surface area contributed by atoms with Gasteiger partial charge in [0, 0.05) is 6.42 Å². The summed E-state index contributed by atoms with van der Waals surface area (Å²) in [5, 5.41) is 35.9. The minimum absolute atomic E-state index is 0.00287. The highest BCUT2D eigenvalue weighted by molar-refractivity contribution is 4.81. The average molecular weight is 178 g/mol. The fraction of sp³-hybridized carbons (Fsp3) is 1.00. The highest BCUT2D eigenvalue weighted by atomic mass is 16.5. The van der Waals surface area contributed by atoms with Crippen LogP contribution in [0, 0.1) is 0 Å². The third-order valence-electron chi connectivity index (χ3n) is 2.02. The Labute approximate surface area is 70.2 Å². The zero-order valence-corrected chi connectivity index (χ0v) is 6.63. The molecule has 0 radical (unpaired) electrons. The lowest BCUT2D eigenvalue weighted by Gasteiger charge is -2.32. The van der Waals surface area contributed by atoms with E-state index in [1.54, 1.807) is 0 Å². The fourth-order valence-corrected chi connectivity index (χ4v) is 1.18. The lowest BCUT2D eigenvalue weighted by molar-refractivity contribution is -0.156. The summed E-state index contributed by atoms with van der Waals surface area (Å²) < 4.78 is 4.99. The van der Waals surface area contributed by atoms with E-state index in [0.29, 0.717) is 0 Å². The van der Waals surface area contributed by atoms with Gasteiger partial charge in [0.2, 0.25) is 0 Å². The first-order chi connectivity index (χ1) is 5.65. The smallest absolute Gasteiger partial charge is 0.103 e. The Kier molecular flexibility index (Phi) is 3.42. The van der Waals surface area contributed by atoms with Crippen molar-refractivity contribution in [2.75, 3.05) is 13.2 Å². The SMILES string of the molecule is OC[C@@H](O)C1CC(O)C(O)CO1. The van der Waals surface area contributed by atoms with Gasteiger partial charge in [-0.3, -0.25) is 0 Å². The predicted octanol–water partition coefficient (Wildman–Crippen LogP) is -2.15. The standard InChI is InChI=1S/C7H14O5/c8-2-5(10)7-1-4(9)6(11)3-12-7/h4-11H,1-3H2/t4?,5-,6?,7?/m1/s1. The summed E-state index contributed by atoms with van der Waals surface area (Å²) >= 11 is 0. The second-order valence-corrected chi connectivity index (χ2v) is 2.99. The summed E-state index contributed by atoms with van der Waals surface area (Å²) in [4.78, 5) is 0. The van der Waals surface area contributed by atoms with Crippen LogP contribution in [0.4, 0.5) is 0 Å². The molecule has 4 atom stereocenters. The third kappa shape index (κ3) is 2.15. The Bertz CT molecular complexity index is 140. The van der Waals surface area contributed by atoms with E-state index in [0.717, 1.165) is 0 Å². The molecule has 0 aromatic rings. The van der Waals surface area contributed by atoms with Crippen LogP contribution in [0.2, 0.25) is 0 Å². The minimum atomic E-state index is -0.979. The molecule has 1 aliphatic rings. The molecular weight excluding hydrogens is 164 g/mol. The molecule has 4 N–H and O–H groups in total. The lowest BCUT2D eigenvalue weighted by atomic mass is 10.0. The third-order valence-corrected chi connectivity index (χ3v) is 2.02. The summed E-state index contributed by atoms with van der Waals surface area (Å²) in [6.45, 7) is -0.392. The molecule has 12 heavy (non-hydrogen) atoms. The summed E-state index contributed by atoms with van der Waals surface area (Å²) in [6, 6.07) is 0. The van der Waals surface area contributed by atoms with E-state index in [4.69, 9.17) is 25.2 Å². The van der Waals surface area contributed by atoms with E-state index >= 15 is 0 Å². The van der Waals surface area contributed by atoms with Crippen molar-refractivity contribution in [3.8, 4) is 0 Å². The molecular formula is C7H14O5. The van der Waals surface area contributed by atoms with E-state index in [9.17, 15) is 0 Å². The molecule has 1 saturated heterocycles. The number of ether oxygens (including phenoxy) is 1. The minimum Gasteiger partial charge on any atom is -0.394 e. The largest absolute Gasteiger partial charge is 0.394 e. The molecule has 0 aromatic carbocycles. The molecule has 3 unspecified atom stereocenters. The summed E-state index contributed by atoms with van der Waals surface area (Å²) in [5.41, 5.74) is 0. The normalized spacial score (nSPS) is 39.5. The van der Waals surface area contributed by atoms with Crippen LogP contribution < -0.4 is 0 Å². The molecule has 5 nitrogen and oxygen atoms in total. The summed E-state index contributed by atoms with van der Waals surface area (Å²) in [6.07, 6.45) is -3.15. The second kappa shape index (κ2) is 4.15. The quantitative estimate of drug-likeness (QED) is 0.387. The molecule has 0 aromatic heterocycles. The van der Waals surface area contributed by atoms with E-state index in [2.05, 4.69) is 0 Å². The van der Waals surface area contributed by atoms with E-state index in [-0.39, 0.29) is 13.0 Å². The maximum absolute atomic E-state index is 9.17. The van der Waals surface area contributed by atoms with Gasteiger partial charge < -0.3 is 25.2 Å². The van der Waals surface area contributed by atoms with Crippen LogP contribution in [0.5, 0.6) is 0 Å². The van der Waals surface area contributed by atoms with Gasteiger partial charge in [0.1, 0.15) is 12.2 Å². The van der Waals surface area contributed by atoms with Gasteiger partial charge in [-0.1, -0.05) is 0 Å². The topological polar surface area (TPSA) is 90.2 Å². The van der Waals surface area contributed by atoms with Gasteiger partial charge in [0.15, 0.2) is 0 Å². The molecule has 5 heteroatoms. The highest BCUT2D eigenvalue weighted by Crippen LogP contribution is 2.16. The lowest BCUT2D eigenvalue weighted by Crippen LogP contribution is -2.46. The van der Waals surface area contributed by atoms with Crippen LogP contribution in [-0.4, -0.2) is 58.1 Å². The van der Waals surface area contributed by atoms with Crippen LogP contribution in [0.1, 0.15) is 6.42 Å². The zero-order chi connectivity index (χ0) is 9.14. The molecule has 0 aliphatic carbocycles. The molecule has 0 amide bonds. The highest BCUT2D eigenvalue weighted by Gasteiger charge is 2.31. The van der Waals surface area contributed by atoms with Crippen LogP contribution >= 0.6 is 0 Å². The van der Waals surface area contributed by atoms with Crippen molar-refractivity contribution in [3.05, 3.63) is 0 Å². The number of rotatable bonds is 2. The average Bonchev–Trinajstić information content (AvgIpc) is 2.08. The molecule has 0 spiro atoms. The maximum atomic E-state index is 9.17. The van der Waals surface area contributed by atoms with Gasteiger partial charge in [0.05, 0.1) is 25.4 Å². The van der Waals surface area contributed by atoms with Crippen LogP contribution in [-0.2, 0) is 4.74 Å². The van der Waals surface area contributed by atoms with Crippen molar-refractivity contribution >= 4 is 0 Å². The van der Waals surface area contributed by atoms with Gasteiger partial charge in [-0.15, -0.1) is 0 Å². The van der Waals surface area contributed by atoms with E-state index < -0.39 is 31.0 Å². The molecule has 72 valence electrons. The number of hydrogen-bond donors (Lipinski definition) is 4. The first-order valence-electron chi connectivity index (χ1n) is 3.91. The van der Waals surface area contributed by atoms with Crippen molar-refractivity contribution in [1.29, 1.82) is 0 Å². The van der Waals surface area contributed by atoms with Gasteiger partial charge in [-0.2, -0.15) is 0 Å². The number of aliphatic hydroxyl groups is 4. The van der Waals surface area contributed by atoms with Gasteiger partial charge in [-0.25, -0.2) is 0 Å². The maximum Gasteiger partial charge on any atom is 0.103 e. The Morgan fingerprint density at radius 1 is 1.33 bits per heavy atom. The Balaban J connectivity index is 2.39. The molecule has 1 aliphatic heterocycles. The van der Waals surface area contributed by atoms with Gasteiger partial charge in [0.25, 0.3) is 0 Å². The Morgan fingerprint density at radius 3 is 2.50 bits per heavy atom. The fourth-order valence-electron chi connectivity index (χ4n) is 1.18. The van der Waals surface area contributed by atoms with Crippen molar-refractivity contribution in [3.63, 3.8) is 0 Å². The van der Waals surface area contributed by atoms with Crippen molar-refractivity contribution in [1.82, 2.24) is 0 Å². The Morgan fingerprint density at radius 2 is 2.00 bits per heavy atom. The molecule has 0 saturated carbocycles. The zero-order valence-electron chi connectivity index (χ0n) is 6.63. The first kappa shape index (κ1) is 9.88. The molecule has 0 bridgehead atoms. The first-order valence-corrected chi connectivity index (χ1v) is 3.91. The monoisotopic (exact) mass is 178 g/mol. The molecule has 1 rings (SSSR count). The van der Waals surface area contributed by atoms with Crippen LogP contribution in [0.3, 0.4) is 0 Å². The summed E-state index contributed by atoms with van der Waals surface area (Å²) in [5.74, 6) is 0. The van der Waals surface area contributed by atoms with Crippen molar-refractivity contribution < 1.29 is 25.2 Å². The number of aliphatic hydroxyl groups excluding tert-OH is 4. The van der Waals surface area contributed by atoms with Gasteiger partial charge >= 0.3 is 0 Å². The Hall–Kier alpha value is -0.200. The van der Waals surface area contributed by atoms with E-state index in [1.165, 1.54) is 0 Å². The van der Waals surface area contributed by atoms with Crippen molar-refractivity contribution in [2.24, 2.45) is 0 Å².